The third kappa shape index (κ3) is 4.32. The molecule has 0 aliphatic heterocycles. The van der Waals surface area contributed by atoms with Crippen molar-refractivity contribution in [3.05, 3.63) is 47.3 Å². The molecule has 7 heteroatoms. The molecule has 0 spiro atoms. The molecule has 0 aliphatic carbocycles. The molecule has 6 nitrogen and oxygen atoms in total. The van der Waals surface area contributed by atoms with Gasteiger partial charge in [-0.25, -0.2) is 9.37 Å². The van der Waals surface area contributed by atoms with Gasteiger partial charge in [-0.3, -0.25) is 4.79 Å². The topological polar surface area (TPSA) is 65.4 Å². The number of aromatic nitrogens is 2. The van der Waals surface area contributed by atoms with E-state index in [1.165, 1.54) is 19.2 Å². The summed E-state index contributed by atoms with van der Waals surface area (Å²) < 4.78 is 25.6. The van der Waals surface area contributed by atoms with Crippen molar-refractivity contribution < 1.29 is 18.7 Å². The monoisotopic (exact) mass is 335 g/mol. The molecule has 0 atom stereocenters. The second kappa shape index (κ2) is 8.44. The average molecular weight is 335 g/mol. The Morgan fingerprint density at radius 1 is 1.38 bits per heavy atom. The highest BCUT2D eigenvalue weighted by atomic mass is 19.1. The zero-order chi connectivity index (χ0) is 17.5. The van der Waals surface area contributed by atoms with E-state index in [0.717, 1.165) is 24.1 Å². The van der Waals surface area contributed by atoms with Gasteiger partial charge in [-0.1, -0.05) is 0 Å². The van der Waals surface area contributed by atoms with Crippen molar-refractivity contribution in [2.75, 3.05) is 27.4 Å². The van der Waals surface area contributed by atoms with E-state index >= 15 is 0 Å². The number of amides is 1. The number of benzene rings is 1. The van der Waals surface area contributed by atoms with Crippen LogP contribution < -0.4 is 10.1 Å². The van der Waals surface area contributed by atoms with Crippen molar-refractivity contribution in [3.63, 3.8) is 0 Å². The highest BCUT2D eigenvalue weighted by molar-refractivity contribution is 5.94. The lowest BCUT2D eigenvalue weighted by Gasteiger charge is -2.10. The highest BCUT2D eigenvalue weighted by Crippen LogP contribution is 2.17. The fourth-order valence-corrected chi connectivity index (χ4v) is 2.40. The summed E-state index contributed by atoms with van der Waals surface area (Å²) in [5.74, 6) is 0.104. The number of rotatable bonds is 8. The predicted molar refractivity (Wildman–Crippen MR) is 87.8 cm³/mol. The molecule has 0 fully saturated rings. The van der Waals surface area contributed by atoms with Crippen LogP contribution in [0.3, 0.4) is 0 Å². The van der Waals surface area contributed by atoms with Crippen molar-refractivity contribution >= 4 is 5.91 Å². The Labute approximate surface area is 140 Å². The standard InChI is InChI=1S/C17H22FN3O3/c1-12-11-20-16(21(12)8-9-23-2)6-7-19-17(22)13-4-5-15(24-3)14(18)10-13/h4-5,10-11H,6-9H2,1-3H3,(H,19,22). The third-order valence-corrected chi connectivity index (χ3v) is 3.70. The van der Waals surface area contributed by atoms with E-state index in [1.54, 1.807) is 13.3 Å². The summed E-state index contributed by atoms with van der Waals surface area (Å²) in [6.45, 7) is 3.71. The Morgan fingerprint density at radius 2 is 2.17 bits per heavy atom. The summed E-state index contributed by atoms with van der Waals surface area (Å²) in [4.78, 5) is 16.4. The number of ether oxygens (including phenoxy) is 2. The van der Waals surface area contributed by atoms with Gasteiger partial charge in [0.15, 0.2) is 11.6 Å². The minimum Gasteiger partial charge on any atom is -0.494 e. The molecule has 1 aromatic heterocycles. The van der Waals surface area contributed by atoms with Gasteiger partial charge in [0.05, 0.1) is 13.7 Å². The first kappa shape index (κ1) is 17.9. The number of aryl methyl sites for hydroxylation is 1. The van der Waals surface area contributed by atoms with Crippen LogP contribution in [-0.2, 0) is 17.7 Å². The second-order valence-corrected chi connectivity index (χ2v) is 5.32. The summed E-state index contributed by atoms with van der Waals surface area (Å²) in [5.41, 5.74) is 1.30. The largest absolute Gasteiger partial charge is 0.494 e. The van der Waals surface area contributed by atoms with Crippen molar-refractivity contribution in [3.8, 4) is 5.75 Å². The van der Waals surface area contributed by atoms with Crippen molar-refractivity contribution in [2.24, 2.45) is 0 Å². The van der Waals surface area contributed by atoms with E-state index < -0.39 is 5.82 Å². The van der Waals surface area contributed by atoms with Crippen LogP contribution in [0.4, 0.5) is 4.39 Å². The van der Waals surface area contributed by atoms with Crippen LogP contribution in [0.2, 0.25) is 0 Å². The van der Waals surface area contributed by atoms with Crippen LogP contribution in [0.5, 0.6) is 5.75 Å². The Hall–Kier alpha value is -2.41. The minimum absolute atomic E-state index is 0.113. The maximum absolute atomic E-state index is 13.6. The number of imidazole rings is 1. The summed E-state index contributed by atoms with van der Waals surface area (Å²) in [6.07, 6.45) is 2.38. The van der Waals surface area contributed by atoms with Gasteiger partial charge in [0.1, 0.15) is 5.82 Å². The van der Waals surface area contributed by atoms with Gasteiger partial charge >= 0.3 is 0 Å². The molecular formula is C17H22FN3O3. The molecule has 1 aromatic carbocycles. The van der Waals surface area contributed by atoms with Gasteiger partial charge in [0.2, 0.25) is 0 Å². The van der Waals surface area contributed by atoms with E-state index in [1.807, 2.05) is 6.92 Å². The third-order valence-electron chi connectivity index (χ3n) is 3.70. The zero-order valence-corrected chi connectivity index (χ0v) is 14.1. The molecule has 0 saturated carbocycles. The maximum atomic E-state index is 13.6. The van der Waals surface area contributed by atoms with E-state index in [2.05, 4.69) is 14.9 Å². The smallest absolute Gasteiger partial charge is 0.251 e. The van der Waals surface area contributed by atoms with E-state index in [0.29, 0.717) is 19.6 Å². The Balaban J connectivity index is 1.92. The normalized spacial score (nSPS) is 10.7. The number of halogens is 1. The SMILES string of the molecule is COCCn1c(C)cnc1CCNC(=O)c1ccc(OC)c(F)c1. The fourth-order valence-electron chi connectivity index (χ4n) is 2.40. The molecule has 1 heterocycles. The summed E-state index contributed by atoms with van der Waals surface area (Å²) in [5, 5.41) is 2.77. The molecule has 0 unspecified atom stereocenters. The molecule has 24 heavy (non-hydrogen) atoms. The first-order valence-corrected chi connectivity index (χ1v) is 7.68. The zero-order valence-electron chi connectivity index (χ0n) is 14.1. The van der Waals surface area contributed by atoms with E-state index in [-0.39, 0.29) is 17.2 Å². The first-order chi connectivity index (χ1) is 11.6. The van der Waals surface area contributed by atoms with Gasteiger partial charge in [0.25, 0.3) is 5.91 Å². The van der Waals surface area contributed by atoms with Crippen LogP contribution >= 0.6 is 0 Å². The average Bonchev–Trinajstić information content (AvgIpc) is 2.92. The number of carbonyl (C=O) groups is 1. The number of methoxy groups -OCH3 is 2. The molecule has 1 N–H and O–H groups in total. The molecule has 1 amide bonds. The molecule has 0 radical (unpaired) electrons. The van der Waals surface area contributed by atoms with Gasteiger partial charge in [0, 0.05) is 44.1 Å². The predicted octanol–water partition coefficient (Wildman–Crippen LogP) is 1.96. The lowest BCUT2D eigenvalue weighted by atomic mass is 10.2. The molecule has 130 valence electrons. The van der Waals surface area contributed by atoms with Crippen LogP contribution in [-0.4, -0.2) is 42.8 Å². The lowest BCUT2D eigenvalue weighted by molar-refractivity contribution is 0.0953. The highest BCUT2D eigenvalue weighted by Gasteiger charge is 2.11. The number of carbonyl (C=O) groups excluding carboxylic acids is 1. The van der Waals surface area contributed by atoms with Crippen LogP contribution in [0.25, 0.3) is 0 Å². The number of nitrogens with zero attached hydrogens (tertiary/aromatic N) is 2. The van der Waals surface area contributed by atoms with Crippen molar-refractivity contribution in [1.82, 2.24) is 14.9 Å². The first-order valence-electron chi connectivity index (χ1n) is 7.68. The van der Waals surface area contributed by atoms with Gasteiger partial charge < -0.3 is 19.4 Å². The lowest BCUT2D eigenvalue weighted by Crippen LogP contribution is -2.26. The summed E-state index contributed by atoms with van der Waals surface area (Å²) in [6, 6.07) is 4.13. The Kier molecular flexibility index (Phi) is 6.31. The fraction of sp³-hybridized carbons (Fsp3) is 0.412. The minimum atomic E-state index is -0.559. The Bertz CT molecular complexity index is 700. The molecule has 0 saturated heterocycles. The van der Waals surface area contributed by atoms with Gasteiger partial charge in [-0.15, -0.1) is 0 Å². The maximum Gasteiger partial charge on any atom is 0.251 e. The van der Waals surface area contributed by atoms with Crippen LogP contribution in [0.1, 0.15) is 21.9 Å². The van der Waals surface area contributed by atoms with Gasteiger partial charge in [-0.05, 0) is 25.1 Å². The molecule has 2 aromatic rings. The summed E-state index contributed by atoms with van der Waals surface area (Å²) >= 11 is 0. The molecule has 0 bridgehead atoms. The Morgan fingerprint density at radius 3 is 2.83 bits per heavy atom. The van der Waals surface area contributed by atoms with Crippen molar-refractivity contribution in [1.29, 1.82) is 0 Å². The molecule has 0 aliphatic rings. The van der Waals surface area contributed by atoms with E-state index in [4.69, 9.17) is 9.47 Å². The number of hydrogen-bond acceptors (Lipinski definition) is 4. The quantitative estimate of drug-likeness (QED) is 0.801. The molecule has 2 rings (SSSR count). The number of nitrogens with one attached hydrogen (secondary N) is 1. The van der Waals surface area contributed by atoms with Gasteiger partial charge in [-0.2, -0.15) is 0 Å². The van der Waals surface area contributed by atoms with Crippen LogP contribution in [0.15, 0.2) is 24.4 Å². The van der Waals surface area contributed by atoms with E-state index in [9.17, 15) is 9.18 Å². The van der Waals surface area contributed by atoms with Crippen LogP contribution in [0, 0.1) is 12.7 Å². The second-order valence-electron chi connectivity index (χ2n) is 5.32. The molecular weight excluding hydrogens is 313 g/mol. The number of hydrogen-bond donors (Lipinski definition) is 1. The van der Waals surface area contributed by atoms with Crippen molar-refractivity contribution in [2.45, 2.75) is 19.9 Å². The summed E-state index contributed by atoms with van der Waals surface area (Å²) in [7, 11) is 3.03.